The van der Waals surface area contributed by atoms with Gasteiger partial charge in [0.15, 0.2) is 12.4 Å². The summed E-state index contributed by atoms with van der Waals surface area (Å²) in [6, 6.07) is 14.0. The van der Waals surface area contributed by atoms with E-state index in [0.717, 1.165) is 16.9 Å². The standard InChI is InChI=1S/C22H23NO5/c1-3-27-20-11-6-17(7-12-20)8-13-22(26)28-15-21(25)19-9-4-18(5-10-19)14-23-16(2)24/h4-13H,3,14-15H2,1-2H3,(H,23,24)/b13-8+. The maximum Gasteiger partial charge on any atom is 0.331 e. The second kappa shape index (κ2) is 10.7. The van der Waals surface area contributed by atoms with Crippen molar-refractivity contribution in [3.8, 4) is 5.75 Å². The first kappa shape index (κ1) is 20.9. The number of hydrogen-bond acceptors (Lipinski definition) is 5. The second-order valence-electron chi connectivity index (χ2n) is 5.97. The third-order valence-electron chi connectivity index (χ3n) is 3.77. The van der Waals surface area contributed by atoms with E-state index in [1.807, 2.05) is 31.2 Å². The Hall–Kier alpha value is -3.41. The molecule has 0 saturated heterocycles. The number of nitrogens with one attached hydrogen (secondary N) is 1. The molecule has 2 aromatic rings. The fourth-order valence-electron chi connectivity index (χ4n) is 2.31. The van der Waals surface area contributed by atoms with Crippen LogP contribution in [0.4, 0.5) is 0 Å². The normalized spacial score (nSPS) is 10.5. The fraction of sp³-hybridized carbons (Fsp3) is 0.227. The molecule has 6 heteroatoms. The molecular weight excluding hydrogens is 358 g/mol. The van der Waals surface area contributed by atoms with Crippen molar-refractivity contribution in [3.63, 3.8) is 0 Å². The van der Waals surface area contributed by atoms with Crippen molar-refractivity contribution >= 4 is 23.7 Å². The fourth-order valence-corrected chi connectivity index (χ4v) is 2.31. The number of esters is 1. The zero-order chi connectivity index (χ0) is 20.4. The average Bonchev–Trinajstić information content (AvgIpc) is 2.70. The highest BCUT2D eigenvalue weighted by atomic mass is 16.5. The number of hydrogen-bond donors (Lipinski definition) is 1. The average molecular weight is 381 g/mol. The Labute approximate surface area is 164 Å². The van der Waals surface area contributed by atoms with Crippen LogP contribution in [-0.4, -0.2) is 30.9 Å². The van der Waals surface area contributed by atoms with Crippen molar-refractivity contribution in [1.82, 2.24) is 5.32 Å². The van der Waals surface area contributed by atoms with Crippen molar-refractivity contribution < 1.29 is 23.9 Å². The number of Topliss-reactive ketones (excluding diaryl/α,β-unsaturated/α-hetero) is 1. The van der Waals surface area contributed by atoms with Crippen molar-refractivity contribution in [1.29, 1.82) is 0 Å². The molecule has 0 radical (unpaired) electrons. The van der Waals surface area contributed by atoms with Gasteiger partial charge in [0.25, 0.3) is 0 Å². The van der Waals surface area contributed by atoms with Crippen LogP contribution in [0.2, 0.25) is 0 Å². The summed E-state index contributed by atoms with van der Waals surface area (Å²) in [5, 5.41) is 2.68. The van der Waals surface area contributed by atoms with E-state index in [1.165, 1.54) is 13.0 Å². The minimum Gasteiger partial charge on any atom is -0.494 e. The maximum absolute atomic E-state index is 12.1. The Morgan fingerprint density at radius 2 is 1.68 bits per heavy atom. The van der Waals surface area contributed by atoms with Crippen LogP contribution in [0.5, 0.6) is 5.75 Å². The number of benzene rings is 2. The molecule has 0 aliphatic carbocycles. The summed E-state index contributed by atoms with van der Waals surface area (Å²) in [6.45, 7) is 4.00. The summed E-state index contributed by atoms with van der Waals surface area (Å²) < 4.78 is 10.3. The zero-order valence-electron chi connectivity index (χ0n) is 15.9. The molecule has 0 spiro atoms. The minimum absolute atomic E-state index is 0.120. The summed E-state index contributed by atoms with van der Waals surface area (Å²) in [4.78, 5) is 34.8. The summed E-state index contributed by atoms with van der Waals surface area (Å²) >= 11 is 0. The number of carbonyl (C=O) groups excluding carboxylic acids is 3. The first-order chi connectivity index (χ1) is 13.5. The lowest BCUT2D eigenvalue weighted by Gasteiger charge is -2.05. The Kier molecular flexibility index (Phi) is 7.96. The van der Waals surface area contributed by atoms with Crippen LogP contribution in [0.1, 0.15) is 35.3 Å². The topological polar surface area (TPSA) is 81.7 Å². The van der Waals surface area contributed by atoms with Crippen molar-refractivity contribution in [3.05, 3.63) is 71.3 Å². The molecule has 0 heterocycles. The Morgan fingerprint density at radius 1 is 1.00 bits per heavy atom. The van der Waals surface area contributed by atoms with Crippen LogP contribution in [0.15, 0.2) is 54.6 Å². The van der Waals surface area contributed by atoms with Crippen LogP contribution >= 0.6 is 0 Å². The molecule has 0 aromatic heterocycles. The second-order valence-corrected chi connectivity index (χ2v) is 5.97. The van der Waals surface area contributed by atoms with Gasteiger partial charge in [0.1, 0.15) is 5.75 Å². The molecule has 1 amide bonds. The van der Waals surface area contributed by atoms with E-state index in [9.17, 15) is 14.4 Å². The van der Waals surface area contributed by atoms with E-state index in [2.05, 4.69) is 5.32 Å². The molecule has 0 unspecified atom stereocenters. The van der Waals surface area contributed by atoms with Gasteiger partial charge in [-0.15, -0.1) is 0 Å². The largest absolute Gasteiger partial charge is 0.494 e. The molecule has 0 atom stereocenters. The third-order valence-corrected chi connectivity index (χ3v) is 3.77. The predicted molar refractivity (Wildman–Crippen MR) is 106 cm³/mol. The molecule has 28 heavy (non-hydrogen) atoms. The molecule has 6 nitrogen and oxygen atoms in total. The number of ketones is 1. The smallest absolute Gasteiger partial charge is 0.331 e. The van der Waals surface area contributed by atoms with Gasteiger partial charge < -0.3 is 14.8 Å². The van der Waals surface area contributed by atoms with Crippen LogP contribution in [0, 0.1) is 0 Å². The molecule has 0 bridgehead atoms. The third kappa shape index (κ3) is 7.07. The molecule has 0 fully saturated rings. The Morgan fingerprint density at radius 3 is 2.29 bits per heavy atom. The molecule has 0 saturated carbocycles. The zero-order valence-corrected chi connectivity index (χ0v) is 15.9. The molecular formula is C22H23NO5. The highest BCUT2D eigenvalue weighted by Crippen LogP contribution is 2.13. The highest BCUT2D eigenvalue weighted by Gasteiger charge is 2.08. The Balaban J connectivity index is 1.81. The molecule has 2 aromatic carbocycles. The lowest BCUT2D eigenvalue weighted by Crippen LogP contribution is -2.19. The molecule has 1 N–H and O–H groups in total. The van der Waals surface area contributed by atoms with E-state index in [0.29, 0.717) is 18.7 Å². The van der Waals surface area contributed by atoms with Gasteiger partial charge in [-0.05, 0) is 36.3 Å². The van der Waals surface area contributed by atoms with Crippen molar-refractivity contribution in [2.75, 3.05) is 13.2 Å². The SMILES string of the molecule is CCOc1ccc(/C=C/C(=O)OCC(=O)c2ccc(CNC(C)=O)cc2)cc1. The van der Waals surface area contributed by atoms with E-state index in [1.54, 1.807) is 30.3 Å². The number of ether oxygens (including phenoxy) is 2. The van der Waals surface area contributed by atoms with Gasteiger partial charge in [0, 0.05) is 25.1 Å². The number of rotatable bonds is 9. The lowest BCUT2D eigenvalue weighted by atomic mass is 10.1. The maximum atomic E-state index is 12.1. The highest BCUT2D eigenvalue weighted by molar-refractivity contribution is 5.98. The van der Waals surface area contributed by atoms with E-state index in [-0.39, 0.29) is 18.3 Å². The first-order valence-corrected chi connectivity index (χ1v) is 8.92. The van der Waals surface area contributed by atoms with E-state index < -0.39 is 5.97 Å². The summed E-state index contributed by atoms with van der Waals surface area (Å²) in [6.07, 6.45) is 2.89. The number of amides is 1. The van der Waals surface area contributed by atoms with Gasteiger partial charge >= 0.3 is 5.97 Å². The van der Waals surface area contributed by atoms with Gasteiger partial charge in [-0.3, -0.25) is 9.59 Å². The first-order valence-electron chi connectivity index (χ1n) is 8.92. The predicted octanol–water partition coefficient (Wildman–Crippen LogP) is 3.16. The molecule has 2 rings (SSSR count). The molecule has 0 aliphatic rings. The van der Waals surface area contributed by atoms with Crippen LogP contribution in [-0.2, 0) is 20.9 Å². The quantitative estimate of drug-likeness (QED) is 0.410. The van der Waals surface area contributed by atoms with Gasteiger partial charge in [0.2, 0.25) is 5.91 Å². The summed E-state index contributed by atoms with van der Waals surface area (Å²) in [7, 11) is 0. The minimum atomic E-state index is -0.593. The molecule has 146 valence electrons. The Bertz CT molecular complexity index is 838. The lowest BCUT2D eigenvalue weighted by molar-refractivity contribution is -0.136. The van der Waals surface area contributed by atoms with Gasteiger partial charge in [-0.1, -0.05) is 36.4 Å². The van der Waals surface area contributed by atoms with Crippen molar-refractivity contribution in [2.24, 2.45) is 0 Å². The molecule has 0 aliphatic heterocycles. The number of carbonyl (C=O) groups is 3. The van der Waals surface area contributed by atoms with Crippen LogP contribution in [0.25, 0.3) is 6.08 Å². The van der Waals surface area contributed by atoms with Crippen molar-refractivity contribution in [2.45, 2.75) is 20.4 Å². The van der Waals surface area contributed by atoms with Gasteiger partial charge in [-0.25, -0.2) is 4.79 Å². The van der Waals surface area contributed by atoms with Crippen LogP contribution in [0.3, 0.4) is 0 Å². The van der Waals surface area contributed by atoms with E-state index >= 15 is 0 Å². The van der Waals surface area contributed by atoms with Gasteiger partial charge in [0.05, 0.1) is 6.61 Å². The van der Waals surface area contributed by atoms with E-state index in [4.69, 9.17) is 9.47 Å². The van der Waals surface area contributed by atoms with Crippen LogP contribution < -0.4 is 10.1 Å². The van der Waals surface area contributed by atoms with Gasteiger partial charge in [-0.2, -0.15) is 0 Å². The summed E-state index contributed by atoms with van der Waals surface area (Å²) in [5.74, 6) is -0.250. The monoisotopic (exact) mass is 381 g/mol. The summed E-state index contributed by atoms with van der Waals surface area (Å²) in [5.41, 5.74) is 2.14.